The highest BCUT2D eigenvalue weighted by Gasteiger charge is 2.26. The van der Waals surface area contributed by atoms with Crippen molar-refractivity contribution in [2.24, 2.45) is 0 Å². The first kappa shape index (κ1) is 16.2. The van der Waals surface area contributed by atoms with Crippen LogP contribution in [-0.2, 0) is 23.1 Å². The van der Waals surface area contributed by atoms with Crippen molar-refractivity contribution in [1.29, 1.82) is 0 Å². The monoisotopic (exact) mass is 339 g/mol. The molecule has 9 heteroatoms. The number of aromatic nitrogens is 3. The van der Waals surface area contributed by atoms with E-state index >= 15 is 0 Å². The molecule has 126 valence electrons. The molecule has 1 atom stereocenters. The smallest absolute Gasteiger partial charge is 0.208 e. The van der Waals surface area contributed by atoms with E-state index in [-0.39, 0.29) is 6.04 Å². The molecule has 1 N–H and O–H groups in total. The highest BCUT2D eigenvalue weighted by atomic mass is 32.2. The maximum atomic E-state index is 11.4. The summed E-state index contributed by atoms with van der Waals surface area (Å²) in [5.74, 6) is 0.826. The van der Waals surface area contributed by atoms with Gasteiger partial charge in [0.15, 0.2) is 0 Å². The van der Waals surface area contributed by atoms with E-state index in [0.29, 0.717) is 6.54 Å². The minimum Gasteiger partial charge on any atom is -0.361 e. The molecule has 2 aromatic heterocycles. The largest absolute Gasteiger partial charge is 0.361 e. The fourth-order valence-electron chi connectivity index (χ4n) is 2.95. The second-order valence-corrected chi connectivity index (χ2v) is 7.87. The molecule has 3 heterocycles. The van der Waals surface area contributed by atoms with E-state index in [4.69, 9.17) is 4.52 Å². The number of aryl methyl sites for hydroxylation is 2. The molecular formula is C14H21N5O3S. The van der Waals surface area contributed by atoms with Gasteiger partial charge in [-0.15, -0.1) is 0 Å². The first-order valence-corrected chi connectivity index (χ1v) is 9.32. The summed E-state index contributed by atoms with van der Waals surface area (Å²) in [7, 11) is -3.22. The summed E-state index contributed by atoms with van der Waals surface area (Å²) in [6, 6.07) is 0.0106. The van der Waals surface area contributed by atoms with Crippen LogP contribution < -0.4 is 4.72 Å². The molecule has 0 unspecified atom stereocenters. The lowest BCUT2D eigenvalue weighted by atomic mass is 10.1. The highest BCUT2D eigenvalue weighted by molar-refractivity contribution is 7.88. The molecule has 0 radical (unpaired) electrons. The first-order chi connectivity index (χ1) is 10.8. The van der Waals surface area contributed by atoms with Gasteiger partial charge in [0.25, 0.3) is 0 Å². The van der Waals surface area contributed by atoms with Crippen molar-refractivity contribution in [3.63, 3.8) is 0 Å². The van der Waals surface area contributed by atoms with Gasteiger partial charge in [-0.2, -0.15) is 0 Å². The molecule has 0 fully saturated rings. The fraction of sp³-hybridized carbons (Fsp3) is 0.571. The van der Waals surface area contributed by atoms with Crippen molar-refractivity contribution in [3.8, 4) is 0 Å². The molecule has 0 saturated carbocycles. The topological polar surface area (TPSA) is 93.3 Å². The van der Waals surface area contributed by atoms with E-state index in [1.807, 2.05) is 24.6 Å². The Morgan fingerprint density at radius 3 is 2.87 bits per heavy atom. The van der Waals surface area contributed by atoms with Gasteiger partial charge in [0.1, 0.15) is 5.76 Å². The minimum atomic E-state index is -3.22. The molecule has 0 aromatic carbocycles. The lowest BCUT2D eigenvalue weighted by Gasteiger charge is -2.34. The predicted octanol–water partition coefficient (Wildman–Crippen LogP) is 0.594. The van der Waals surface area contributed by atoms with Crippen molar-refractivity contribution < 1.29 is 12.9 Å². The second kappa shape index (κ2) is 6.06. The van der Waals surface area contributed by atoms with Gasteiger partial charge in [0.2, 0.25) is 10.0 Å². The van der Waals surface area contributed by atoms with Crippen molar-refractivity contribution in [1.82, 2.24) is 24.3 Å². The Labute approximate surface area is 135 Å². The molecule has 3 rings (SSSR count). The molecule has 0 aliphatic carbocycles. The van der Waals surface area contributed by atoms with Gasteiger partial charge in [-0.05, 0) is 13.8 Å². The summed E-state index contributed by atoms with van der Waals surface area (Å²) >= 11 is 0. The molecule has 0 spiro atoms. The molecule has 0 saturated heterocycles. The molecule has 2 aromatic rings. The van der Waals surface area contributed by atoms with Crippen LogP contribution in [0.15, 0.2) is 17.0 Å². The van der Waals surface area contributed by atoms with Crippen molar-refractivity contribution in [3.05, 3.63) is 35.2 Å². The number of imidazole rings is 1. The molecule has 0 amide bonds. The van der Waals surface area contributed by atoms with Crippen LogP contribution in [0.2, 0.25) is 0 Å². The fourth-order valence-corrected chi connectivity index (χ4v) is 3.44. The van der Waals surface area contributed by atoms with Crippen LogP contribution in [0.5, 0.6) is 0 Å². The average molecular weight is 339 g/mol. The Hall–Kier alpha value is -1.71. The van der Waals surface area contributed by atoms with Crippen molar-refractivity contribution in [2.45, 2.75) is 33.0 Å². The van der Waals surface area contributed by atoms with Crippen LogP contribution in [0.1, 0.15) is 28.8 Å². The molecule has 1 aliphatic heterocycles. The van der Waals surface area contributed by atoms with Gasteiger partial charge in [-0.25, -0.2) is 18.1 Å². The molecule has 8 nitrogen and oxygen atoms in total. The van der Waals surface area contributed by atoms with Crippen LogP contribution in [0, 0.1) is 13.8 Å². The number of sulfonamides is 1. The summed E-state index contributed by atoms with van der Waals surface area (Å²) in [6.45, 7) is 6.41. The average Bonchev–Trinajstić information content (AvgIpc) is 3.05. The van der Waals surface area contributed by atoms with E-state index in [1.54, 1.807) is 6.33 Å². The van der Waals surface area contributed by atoms with Gasteiger partial charge in [0, 0.05) is 37.9 Å². The standard InChI is InChI=1S/C14H21N5O3S/c1-10-14(11(2)22-17-10)8-18-6-12-4-15-9-19(12)13(7-18)5-16-23(3,20)21/h4,9,13,16H,5-8H2,1-3H3/t13-/m1/s1. The summed E-state index contributed by atoms with van der Waals surface area (Å²) in [5.41, 5.74) is 3.06. The summed E-state index contributed by atoms with van der Waals surface area (Å²) in [6.07, 6.45) is 4.76. The Balaban J connectivity index is 1.77. The molecule has 1 aliphatic rings. The maximum absolute atomic E-state index is 11.4. The number of fused-ring (bicyclic) bond motifs is 1. The Bertz CT molecular complexity index is 776. The number of rotatable bonds is 5. The Kier molecular flexibility index (Phi) is 4.26. The lowest BCUT2D eigenvalue weighted by Crippen LogP contribution is -2.41. The van der Waals surface area contributed by atoms with Crippen molar-refractivity contribution >= 4 is 10.0 Å². The minimum absolute atomic E-state index is 0.0106. The van der Waals surface area contributed by atoms with Crippen LogP contribution in [0.3, 0.4) is 0 Å². The second-order valence-electron chi connectivity index (χ2n) is 6.04. The summed E-state index contributed by atoms with van der Waals surface area (Å²) < 4.78 is 32.6. The first-order valence-electron chi connectivity index (χ1n) is 7.43. The number of hydrogen-bond donors (Lipinski definition) is 1. The van der Waals surface area contributed by atoms with Crippen LogP contribution in [0.4, 0.5) is 0 Å². The lowest BCUT2D eigenvalue weighted by molar-refractivity contribution is 0.177. The third-order valence-corrected chi connectivity index (χ3v) is 4.83. The Morgan fingerprint density at radius 1 is 1.43 bits per heavy atom. The molecule has 0 bridgehead atoms. The SMILES string of the molecule is Cc1noc(C)c1CN1Cc2cncn2[C@H](CNS(C)(=O)=O)C1. The molecule has 23 heavy (non-hydrogen) atoms. The molecular weight excluding hydrogens is 318 g/mol. The van der Waals surface area contributed by atoms with Crippen molar-refractivity contribution in [2.75, 3.05) is 19.3 Å². The zero-order valence-corrected chi connectivity index (χ0v) is 14.3. The normalized spacial score (nSPS) is 19.0. The zero-order chi connectivity index (χ0) is 16.6. The van der Waals surface area contributed by atoms with E-state index in [2.05, 4.69) is 19.8 Å². The van der Waals surface area contributed by atoms with Gasteiger partial charge in [-0.3, -0.25) is 4.90 Å². The Morgan fingerprint density at radius 2 is 2.22 bits per heavy atom. The number of nitrogens with zero attached hydrogens (tertiary/aromatic N) is 4. The van der Waals surface area contributed by atoms with E-state index < -0.39 is 10.0 Å². The van der Waals surface area contributed by atoms with Gasteiger partial charge in [-0.1, -0.05) is 5.16 Å². The van der Waals surface area contributed by atoms with Crippen LogP contribution >= 0.6 is 0 Å². The highest BCUT2D eigenvalue weighted by Crippen LogP contribution is 2.24. The van der Waals surface area contributed by atoms with E-state index in [1.165, 1.54) is 6.26 Å². The zero-order valence-electron chi connectivity index (χ0n) is 13.5. The summed E-state index contributed by atoms with van der Waals surface area (Å²) in [4.78, 5) is 6.46. The van der Waals surface area contributed by atoms with E-state index in [9.17, 15) is 8.42 Å². The van der Waals surface area contributed by atoms with Gasteiger partial charge in [0.05, 0.1) is 30.0 Å². The number of nitrogens with one attached hydrogen (secondary N) is 1. The van der Waals surface area contributed by atoms with Gasteiger partial charge >= 0.3 is 0 Å². The predicted molar refractivity (Wildman–Crippen MR) is 84.2 cm³/mol. The maximum Gasteiger partial charge on any atom is 0.208 e. The van der Waals surface area contributed by atoms with E-state index in [0.717, 1.165) is 42.3 Å². The van der Waals surface area contributed by atoms with Crippen LogP contribution in [0.25, 0.3) is 0 Å². The van der Waals surface area contributed by atoms with Crippen LogP contribution in [-0.4, -0.2) is 47.4 Å². The third-order valence-electron chi connectivity index (χ3n) is 4.14. The number of hydrogen-bond acceptors (Lipinski definition) is 6. The van der Waals surface area contributed by atoms with Gasteiger partial charge < -0.3 is 9.09 Å². The summed E-state index contributed by atoms with van der Waals surface area (Å²) in [5, 5.41) is 3.99. The quantitative estimate of drug-likeness (QED) is 0.857. The third kappa shape index (κ3) is 3.62.